The molecule has 7 nitrogen and oxygen atoms in total. The van der Waals surface area contributed by atoms with Gasteiger partial charge in [0.25, 0.3) is 5.91 Å². The molecule has 0 radical (unpaired) electrons. The van der Waals surface area contributed by atoms with Crippen LogP contribution in [0.5, 0.6) is 0 Å². The number of benzene rings is 1. The standard InChI is InChI=1S/C14H9ClN6O/c15-11-8-17-20-12(11)14(22)19-13-9(6-16)7-18-21(13)10-4-2-1-3-5-10/h1-5,7-8H,(H,17,20)(H,19,22). The van der Waals surface area contributed by atoms with E-state index in [1.54, 1.807) is 0 Å². The maximum Gasteiger partial charge on any atom is 0.276 e. The van der Waals surface area contributed by atoms with Crippen LogP contribution in [0.1, 0.15) is 16.1 Å². The minimum atomic E-state index is -0.503. The number of rotatable bonds is 3. The van der Waals surface area contributed by atoms with Crippen molar-refractivity contribution in [3.8, 4) is 11.8 Å². The second kappa shape index (κ2) is 5.71. The van der Waals surface area contributed by atoms with Gasteiger partial charge in [0, 0.05) is 0 Å². The molecule has 0 bridgehead atoms. The zero-order valence-electron chi connectivity index (χ0n) is 11.1. The lowest BCUT2D eigenvalue weighted by molar-refractivity contribution is 0.102. The van der Waals surface area contributed by atoms with Gasteiger partial charge in [-0.2, -0.15) is 15.5 Å². The van der Waals surface area contributed by atoms with E-state index in [1.807, 2.05) is 36.4 Å². The van der Waals surface area contributed by atoms with Gasteiger partial charge in [0.2, 0.25) is 0 Å². The third-order valence-corrected chi connectivity index (χ3v) is 3.23. The maximum absolute atomic E-state index is 12.2. The molecule has 22 heavy (non-hydrogen) atoms. The van der Waals surface area contributed by atoms with E-state index < -0.39 is 5.91 Å². The summed E-state index contributed by atoms with van der Waals surface area (Å²) >= 11 is 5.86. The highest BCUT2D eigenvalue weighted by atomic mass is 35.5. The first-order chi connectivity index (χ1) is 10.7. The summed E-state index contributed by atoms with van der Waals surface area (Å²) in [6.07, 6.45) is 2.72. The molecular formula is C14H9ClN6O. The first kappa shape index (κ1) is 13.9. The van der Waals surface area contributed by atoms with Crippen molar-refractivity contribution < 1.29 is 4.79 Å². The van der Waals surface area contributed by atoms with Crippen LogP contribution < -0.4 is 5.32 Å². The molecule has 0 aliphatic rings. The van der Waals surface area contributed by atoms with Crippen LogP contribution in [0.2, 0.25) is 5.02 Å². The number of carbonyl (C=O) groups is 1. The highest BCUT2D eigenvalue weighted by Crippen LogP contribution is 2.21. The van der Waals surface area contributed by atoms with Gasteiger partial charge >= 0.3 is 0 Å². The lowest BCUT2D eigenvalue weighted by Crippen LogP contribution is -2.16. The zero-order valence-corrected chi connectivity index (χ0v) is 11.9. The number of amides is 1. The zero-order chi connectivity index (χ0) is 15.5. The van der Waals surface area contributed by atoms with Gasteiger partial charge in [0.05, 0.1) is 23.1 Å². The number of anilines is 1. The average molecular weight is 313 g/mol. The van der Waals surface area contributed by atoms with Gasteiger partial charge in [-0.1, -0.05) is 29.8 Å². The fourth-order valence-electron chi connectivity index (χ4n) is 1.92. The maximum atomic E-state index is 12.2. The van der Waals surface area contributed by atoms with Crippen LogP contribution in [0, 0.1) is 11.3 Å². The van der Waals surface area contributed by atoms with E-state index in [4.69, 9.17) is 11.6 Å². The number of nitriles is 1. The van der Waals surface area contributed by atoms with Gasteiger partial charge in [-0.25, -0.2) is 4.68 Å². The van der Waals surface area contributed by atoms with Crippen molar-refractivity contribution in [2.75, 3.05) is 5.32 Å². The Balaban J connectivity index is 2.00. The van der Waals surface area contributed by atoms with Crippen molar-refractivity contribution in [2.24, 2.45) is 0 Å². The number of hydrogen-bond acceptors (Lipinski definition) is 4. The van der Waals surface area contributed by atoms with E-state index in [-0.39, 0.29) is 22.1 Å². The Morgan fingerprint density at radius 1 is 1.32 bits per heavy atom. The van der Waals surface area contributed by atoms with E-state index >= 15 is 0 Å². The minimum absolute atomic E-state index is 0.117. The van der Waals surface area contributed by atoms with Crippen molar-refractivity contribution in [3.63, 3.8) is 0 Å². The Morgan fingerprint density at radius 2 is 2.09 bits per heavy atom. The molecule has 0 saturated heterocycles. The normalized spacial score (nSPS) is 10.2. The molecule has 0 aliphatic heterocycles. The summed E-state index contributed by atoms with van der Waals surface area (Å²) in [6.45, 7) is 0. The lowest BCUT2D eigenvalue weighted by atomic mass is 10.3. The smallest absolute Gasteiger partial charge is 0.276 e. The summed E-state index contributed by atoms with van der Waals surface area (Å²) in [5.74, 6) is -0.235. The third-order valence-electron chi connectivity index (χ3n) is 2.94. The molecule has 0 atom stereocenters. The molecule has 0 aliphatic carbocycles. The van der Waals surface area contributed by atoms with Gasteiger partial charge in [0.1, 0.15) is 17.3 Å². The highest BCUT2D eigenvalue weighted by Gasteiger charge is 2.18. The first-order valence-corrected chi connectivity index (χ1v) is 6.62. The summed E-state index contributed by atoms with van der Waals surface area (Å²) in [7, 11) is 0. The van der Waals surface area contributed by atoms with Crippen molar-refractivity contribution in [1.82, 2.24) is 20.0 Å². The molecule has 3 aromatic rings. The molecule has 2 N–H and O–H groups in total. The Labute approximate surface area is 130 Å². The summed E-state index contributed by atoms with van der Waals surface area (Å²) in [4.78, 5) is 12.2. The Hall–Kier alpha value is -3.11. The molecule has 1 aromatic carbocycles. The average Bonchev–Trinajstić information content (AvgIpc) is 3.14. The number of halogens is 1. The van der Waals surface area contributed by atoms with Crippen LogP contribution in [0.25, 0.3) is 5.69 Å². The first-order valence-electron chi connectivity index (χ1n) is 6.24. The lowest BCUT2D eigenvalue weighted by Gasteiger charge is -2.08. The number of nitrogens with zero attached hydrogens (tertiary/aromatic N) is 4. The fraction of sp³-hybridized carbons (Fsp3) is 0. The van der Waals surface area contributed by atoms with E-state index in [1.165, 1.54) is 17.1 Å². The second-order valence-corrected chi connectivity index (χ2v) is 4.72. The number of H-pyrrole nitrogens is 1. The number of nitrogens with one attached hydrogen (secondary N) is 2. The highest BCUT2D eigenvalue weighted by molar-refractivity contribution is 6.34. The number of aromatic nitrogens is 4. The van der Waals surface area contributed by atoms with E-state index in [0.29, 0.717) is 0 Å². The summed E-state index contributed by atoms with van der Waals surface area (Å²) < 4.78 is 1.47. The Kier molecular flexibility index (Phi) is 3.60. The molecule has 3 rings (SSSR count). The molecule has 8 heteroatoms. The Morgan fingerprint density at radius 3 is 2.73 bits per heavy atom. The quantitative estimate of drug-likeness (QED) is 0.775. The number of carbonyl (C=O) groups excluding carboxylic acids is 1. The Bertz CT molecular complexity index is 861. The van der Waals surface area contributed by atoms with Crippen molar-refractivity contribution in [2.45, 2.75) is 0 Å². The molecule has 108 valence electrons. The van der Waals surface area contributed by atoms with Crippen LogP contribution in [0.15, 0.2) is 42.7 Å². The summed E-state index contributed by atoms with van der Waals surface area (Å²) in [6, 6.07) is 11.1. The summed E-state index contributed by atoms with van der Waals surface area (Å²) in [5.41, 5.74) is 1.08. The number of hydrogen-bond donors (Lipinski definition) is 2. The van der Waals surface area contributed by atoms with Crippen LogP contribution in [0.3, 0.4) is 0 Å². The topological polar surface area (TPSA) is 99.4 Å². The van der Waals surface area contributed by atoms with Gasteiger partial charge in [-0.05, 0) is 12.1 Å². The monoisotopic (exact) mass is 312 g/mol. The van der Waals surface area contributed by atoms with Crippen molar-refractivity contribution in [3.05, 3.63) is 59.0 Å². The molecule has 2 aromatic heterocycles. The number of aromatic amines is 1. The van der Waals surface area contributed by atoms with Gasteiger partial charge in [0.15, 0.2) is 5.82 Å². The van der Waals surface area contributed by atoms with Crippen LogP contribution in [-0.2, 0) is 0 Å². The minimum Gasteiger partial charge on any atom is -0.304 e. The molecule has 0 saturated carbocycles. The summed E-state index contributed by atoms with van der Waals surface area (Å²) in [5, 5.41) is 22.3. The molecule has 0 spiro atoms. The second-order valence-electron chi connectivity index (χ2n) is 4.31. The van der Waals surface area contributed by atoms with Crippen molar-refractivity contribution >= 4 is 23.3 Å². The molecule has 2 heterocycles. The SMILES string of the molecule is N#Cc1cnn(-c2ccccc2)c1NC(=O)c1[nH]ncc1Cl. The molecule has 0 unspecified atom stereocenters. The largest absolute Gasteiger partial charge is 0.304 e. The van der Waals surface area contributed by atoms with E-state index in [0.717, 1.165) is 5.69 Å². The van der Waals surface area contributed by atoms with E-state index in [9.17, 15) is 10.1 Å². The van der Waals surface area contributed by atoms with Gasteiger partial charge in [-0.3, -0.25) is 9.89 Å². The predicted molar refractivity (Wildman–Crippen MR) is 79.8 cm³/mol. The molecular weight excluding hydrogens is 304 g/mol. The van der Waals surface area contributed by atoms with Crippen LogP contribution in [-0.4, -0.2) is 25.9 Å². The van der Waals surface area contributed by atoms with Crippen LogP contribution in [0.4, 0.5) is 5.82 Å². The van der Waals surface area contributed by atoms with Crippen LogP contribution >= 0.6 is 11.6 Å². The molecule has 1 amide bonds. The number of para-hydroxylation sites is 1. The molecule has 0 fully saturated rings. The van der Waals surface area contributed by atoms with Gasteiger partial charge < -0.3 is 5.32 Å². The predicted octanol–water partition coefficient (Wildman–Crippen LogP) is 2.37. The third kappa shape index (κ3) is 2.43. The van der Waals surface area contributed by atoms with E-state index in [2.05, 4.69) is 20.6 Å². The fourth-order valence-corrected chi connectivity index (χ4v) is 2.09. The van der Waals surface area contributed by atoms with Crippen molar-refractivity contribution in [1.29, 1.82) is 5.26 Å². The van der Waals surface area contributed by atoms with Gasteiger partial charge in [-0.15, -0.1) is 0 Å².